The molecule has 0 saturated heterocycles. The van der Waals surface area contributed by atoms with Crippen molar-refractivity contribution in [2.45, 2.75) is 6.92 Å². The molecule has 0 saturated carbocycles. The number of nitrogens with one attached hydrogen (secondary N) is 1. The van der Waals surface area contributed by atoms with E-state index in [9.17, 15) is 9.59 Å². The molecule has 132 valence electrons. The number of halogens is 1. The molecule has 0 unspecified atom stereocenters. The van der Waals surface area contributed by atoms with Gasteiger partial charge in [0.15, 0.2) is 0 Å². The number of fused-ring (bicyclic) bond motifs is 1. The maximum Gasteiger partial charge on any atom is 0.254 e. The summed E-state index contributed by atoms with van der Waals surface area (Å²) in [4.78, 5) is 30.9. The second kappa shape index (κ2) is 7.54. The van der Waals surface area contributed by atoms with Gasteiger partial charge in [-0.3, -0.25) is 14.6 Å². The van der Waals surface area contributed by atoms with E-state index in [0.717, 1.165) is 16.6 Å². The normalized spacial score (nSPS) is 10.6. The molecular formula is C20H18ClN3O2. The van der Waals surface area contributed by atoms with Gasteiger partial charge in [-0.1, -0.05) is 35.9 Å². The van der Waals surface area contributed by atoms with Crippen LogP contribution in [0, 0.1) is 6.92 Å². The summed E-state index contributed by atoms with van der Waals surface area (Å²) in [6.07, 6.45) is 0. The first-order valence-electron chi connectivity index (χ1n) is 8.11. The number of hydrogen-bond acceptors (Lipinski definition) is 3. The molecule has 6 heteroatoms. The number of benzene rings is 2. The topological polar surface area (TPSA) is 62.3 Å². The molecule has 2 aromatic carbocycles. The van der Waals surface area contributed by atoms with Gasteiger partial charge in [0.2, 0.25) is 5.91 Å². The van der Waals surface area contributed by atoms with Crippen molar-refractivity contribution in [3.05, 3.63) is 70.9 Å². The van der Waals surface area contributed by atoms with Gasteiger partial charge >= 0.3 is 0 Å². The highest BCUT2D eigenvalue weighted by molar-refractivity contribution is 6.30. The molecule has 3 aromatic rings. The lowest BCUT2D eigenvalue weighted by atomic mass is 10.1. The van der Waals surface area contributed by atoms with E-state index in [4.69, 9.17) is 11.6 Å². The van der Waals surface area contributed by atoms with Gasteiger partial charge in [-0.25, -0.2) is 0 Å². The van der Waals surface area contributed by atoms with Crippen molar-refractivity contribution < 1.29 is 9.59 Å². The standard InChI is InChI=1S/C20H18ClN3O2/c1-13-10-17(16-8-3-4-9-18(16)22-13)20(26)24(2)12-19(25)23-15-7-5-6-14(21)11-15/h3-11H,12H2,1-2H3,(H,23,25). The zero-order valence-electron chi connectivity index (χ0n) is 14.5. The van der Waals surface area contributed by atoms with E-state index in [1.54, 1.807) is 37.4 Å². The number of nitrogens with zero attached hydrogens (tertiary/aromatic N) is 2. The summed E-state index contributed by atoms with van der Waals surface area (Å²) in [6.45, 7) is 1.77. The molecule has 0 spiro atoms. The summed E-state index contributed by atoms with van der Waals surface area (Å²) in [5.74, 6) is -0.522. The Hall–Kier alpha value is -2.92. The lowest BCUT2D eigenvalue weighted by Crippen LogP contribution is -2.35. The zero-order valence-corrected chi connectivity index (χ0v) is 15.2. The van der Waals surface area contributed by atoms with Gasteiger partial charge in [-0.05, 0) is 37.3 Å². The number of para-hydroxylation sites is 1. The monoisotopic (exact) mass is 367 g/mol. The van der Waals surface area contributed by atoms with Gasteiger partial charge in [0.25, 0.3) is 5.91 Å². The molecule has 0 aliphatic rings. The van der Waals surface area contributed by atoms with Crippen LogP contribution in [0.15, 0.2) is 54.6 Å². The fourth-order valence-corrected chi connectivity index (χ4v) is 2.93. The van der Waals surface area contributed by atoms with Crippen LogP contribution in [0.4, 0.5) is 5.69 Å². The Bertz CT molecular complexity index is 988. The number of aromatic nitrogens is 1. The molecular weight excluding hydrogens is 350 g/mol. The van der Waals surface area contributed by atoms with Gasteiger partial charge in [-0.2, -0.15) is 0 Å². The molecule has 2 amide bonds. The molecule has 26 heavy (non-hydrogen) atoms. The predicted octanol–water partition coefficient (Wildman–Crippen LogP) is 3.91. The number of likely N-dealkylation sites (N-methyl/N-ethyl adjacent to an activating group) is 1. The molecule has 1 aromatic heterocycles. The van der Waals surface area contributed by atoms with Crippen LogP contribution in [0.25, 0.3) is 10.9 Å². The Morgan fingerprint density at radius 1 is 1.12 bits per heavy atom. The summed E-state index contributed by atoms with van der Waals surface area (Å²) >= 11 is 5.91. The van der Waals surface area contributed by atoms with Crippen molar-refractivity contribution in [2.75, 3.05) is 18.9 Å². The number of anilines is 1. The Balaban J connectivity index is 1.77. The molecule has 0 radical (unpaired) electrons. The van der Waals surface area contributed by atoms with Crippen molar-refractivity contribution in [1.82, 2.24) is 9.88 Å². The summed E-state index contributed by atoms with van der Waals surface area (Å²) < 4.78 is 0. The molecule has 5 nitrogen and oxygen atoms in total. The minimum absolute atomic E-state index is 0.0684. The summed E-state index contributed by atoms with van der Waals surface area (Å²) in [5, 5.41) is 4.04. The summed E-state index contributed by atoms with van der Waals surface area (Å²) in [5.41, 5.74) is 2.64. The third-order valence-electron chi connectivity index (χ3n) is 3.91. The molecule has 1 heterocycles. The number of hydrogen-bond donors (Lipinski definition) is 1. The lowest BCUT2D eigenvalue weighted by Gasteiger charge is -2.18. The van der Waals surface area contributed by atoms with Crippen LogP contribution in [-0.2, 0) is 4.79 Å². The SMILES string of the molecule is Cc1cc(C(=O)N(C)CC(=O)Nc2cccc(Cl)c2)c2ccccc2n1. The molecule has 0 fully saturated rings. The fraction of sp³-hybridized carbons (Fsp3) is 0.150. The Morgan fingerprint density at radius 2 is 1.88 bits per heavy atom. The average molecular weight is 368 g/mol. The first kappa shape index (κ1) is 17.9. The minimum Gasteiger partial charge on any atom is -0.332 e. The molecule has 0 atom stereocenters. The van der Waals surface area contributed by atoms with Crippen LogP contribution in [-0.4, -0.2) is 35.3 Å². The Morgan fingerprint density at radius 3 is 2.65 bits per heavy atom. The first-order chi connectivity index (χ1) is 12.4. The molecule has 1 N–H and O–H groups in total. The number of carbonyl (C=O) groups excluding carboxylic acids is 2. The van der Waals surface area contributed by atoms with Crippen molar-refractivity contribution in [3.8, 4) is 0 Å². The van der Waals surface area contributed by atoms with Crippen molar-refractivity contribution >= 4 is 40.0 Å². The van der Waals surface area contributed by atoms with E-state index in [1.807, 2.05) is 31.2 Å². The van der Waals surface area contributed by atoms with Crippen molar-refractivity contribution in [1.29, 1.82) is 0 Å². The van der Waals surface area contributed by atoms with Crippen LogP contribution in [0.5, 0.6) is 0 Å². The third-order valence-corrected chi connectivity index (χ3v) is 4.15. The van der Waals surface area contributed by atoms with Gasteiger partial charge in [-0.15, -0.1) is 0 Å². The summed E-state index contributed by atoms with van der Waals surface area (Å²) in [7, 11) is 1.60. The number of amides is 2. The second-order valence-electron chi connectivity index (χ2n) is 6.05. The van der Waals surface area contributed by atoms with Gasteiger partial charge < -0.3 is 10.2 Å². The van der Waals surface area contributed by atoms with Gasteiger partial charge in [0.05, 0.1) is 17.6 Å². The highest BCUT2D eigenvalue weighted by Gasteiger charge is 2.18. The molecule has 3 rings (SSSR count). The fourth-order valence-electron chi connectivity index (χ4n) is 2.74. The number of pyridine rings is 1. The quantitative estimate of drug-likeness (QED) is 0.760. The van der Waals surface area contributed by atoms with Crippen LogP contribution >= 0.6 is 11.6 Å². The highest BCUT2D eigenvalue weighted by Crippen LogP contribution is 2.20. The largest absolute Gasteiger partial charge is 0.332 e. The molecule has 0 aliphatic heterocycles. The van der Waals surface area contributed by atoms with E-state index in [1.165, 1.54) is 4.90 Å². The maximum absolute atomic E-state index is 12.8. The lowest BCUT2D eigenvalue weighted by molar-refractivity contribution is -0.116. The van der Waals surface area contributed by atoms with Crippen LogP contribution in [0.1, 0.15) is 16.1 Å². The first-order valence-corrected chi connectivity index (χ1v) is 8.49. The van der Waals surface area contributed by atoms with Gasteiger partial charge in [0.1, 0.15) is 0 Å². The van der Waals surface area contributed by atoms with Crippen LogP contribution in [0.3, 0.4) is 0 Å². The summed E-state index contributed by atoms with van der Waals surface area (Å²) in [6, 6.07) is 16.1. The van der Waals surface area contributed by atoms with E-state index in [0.29, 0.717) is 16.3 Å². The Labute approximate surface area is 156 Å². The predicted molar refractivity (Wildman–Crippen MR) is 104 cm³/mol. The van der Waals surface area contributed by atoms with E-state index in [-0.39, 0.29) is 18.4 Å². The molecule has 0 bridgehead atoms. The zero-order chi connectivity index (χ0) is 18.7. The van der Waals surface area contributed by atoms with E-state index >= 15 is 0 Å². The van der Waals surface area contributed by atoms with Crippen LogP contribution < -0.4 is 5.32 Å². The molecule has 0 aliphatic carbocycles. The highest BCUT2D eigenvalue weighted by atomic mass is 35.5. The second-order valence-corrected chi connectivity index (χ2v) is 6.48. The van der Waals surface area contributed by atoms with Crippen LogP contribution in [0.2, 0.25) is 5.02 Å². The Kier molecular flexibility index (Phi) is 5.19. The number of carbonyl (C=O) groups is 2. The third kappa shape index (κ3) is 4.00. The smallest absolute Gasteiger partial charge is 0.254 e. The van der Waals surface area contributed by atoms with Crippen molar-refractivity contribution in [3.63, 3.8) is 0 Å². The minimum atomic E-state index is -0.293. The van der Waals surface area contributed by atoms with Crippen molar-refractivity contribution in [2.24, 2.45) is 0 Å². The number of aryl methyl sites for hydroxylation is 1. The number of rotatable bonds is 4. The maximum atomic E-state index is 12.8. The van der Waals surface area contributed by atoms with E-state index in [2.05, 4.69) is 10.3 Å². The van der Waals surface area contributed by atoms with E-state index < -0.39 is 0 Å². The van der Waals surface area contributed by atoms with Gasteiger partial charge in [0, 0.05) is 28.8 Å². The average Bonchev–Trinajstić information content (AvgIpc) is 2.60.